The van der Waals surface area contributed by atoms with Gasteiger partial charge in [0.15, 0.2) is 5.82 Å². The van der Waals surface area contributed by atoms with Gasteiger partial charge < -0.3 is 10.8 Å². The summed E-state index contributed by atoms with van der Waals surface area (Å²) >= 11 is 3.37. The lowest BCUT2D eigenvalue weighted by Gasteiger charge is -2.08. The summed E-state index contributed by atoms with van der Waals surface area (Å²) in [5.41, 5.74) is 8.89. The largest absolute Gasteiger partial charge is 0.507 e. The van der Waals surface area contributed by atoms with Gasteiger partial charge in [0.2, 0.25) is 0 Å². The zero-order chi connectivity index (χ0) is 15.7. The van der Waals surface area contributed by atoms with Gasteiger partial charge in [0.25, 0.3) is 0 Å². The number of nitrogens with zero attached hydrogens (tertiary/aromatic N) is 2. The Kier molecular flexibility index (Phi) is 3.96. The van der Waals surface area contributed by atoms with E-state index in [0.29, 0.717) is 17.2 Å². The van der Waals surface area contributed by atoms with E-state index in [-0.39, 0.29) is 5.75 Å². The zero-order valence-electron chi connectivity index (χ0n) is 11.9. The second-order valence-corrected chi connectivity index (χ2v) is 6.01. The summed E-state index contributed by atoms with van der Waals surface area (Å²) in [4.78, 5) is 4.41. The normalized spacial score (nSPS) is 12.3. The average molecular weight is 359 g/mol. The molecule has 5 nitrogen and oxygen atoms in total. The van der Waals surface area contributed by atoms with Crippen LogP contribution < -0.4 is 5.73 Å². The van der Waals surface area contributed by atoms with Crippen molar-refractivity contribution < 1.29 is 5.11 Å². The molecule has 112 valence electrons. The molecule has 3 rings (SSSR count). The van der Waals surface area contributed by atoms with Gasteiger partial charge in [-0.15, -0.1) is 0 Å². The van der Waals surface area contributed by atoms with Gasteiger partial charge in [-0.3, -0.25) is 5.10 Å². The molecule has 0 saturated carbocycles. The summed E-state index contributed by atoms with van der Waals surface area (Å²) in [5.74, 6) is 1.09. The maximum absolute atomic E-state index is 9.94. The summed E-state index contributed by atoms with van der Waals surface area (Å²) in [6.45, 7) is 2.03. The quantitative estimate of drug-likeness (QED) is 0.670. The maximum Gasteiger partial charge on any atom is 0.184 e. The van der Waals surface area contributed by atoms with Crippen LogP contribution in [0.15, 0.2) is 46.9 Å². The fourth-order valence-electron chi connectivity index (χ4n) is 2.15. The molecule has 0 bridgehead atoms. The first-order valence-corrected chi connectivity index (χ1v) is 7.57. The first kappa shape index (κ1) is 14.7. The number of aryl methyl sites for hydroxylation is 1. The second kappa shape index (κ2) is 5.90. The lowest BCUT2D eigenvalue weighted by atomic mass is 10.1. The molecule has 1 heterocycles. The Labute approximate surface area is 136 Å². The molecule has 1 atom stereocenters. The SMILES string of the molecule is Cc1ccc([C@H](N)c2nc(-c3cc(Br)ccc3O)n[nH]2)cc1. The molecule has 0 radical (unpaired) electrons. The van der Waals surface area contributed by atoms with E-state index in [1.54, 1.807) is 18.2 Å². The number of aromatic amines is 1. The molecule has 0 unspecified atom stereocenters. The Morgan fingerprint density at radius 2 is 1.91 bits per heavy atom. The molecule has 0 aliphatic heterocycles. The molecule has 1 aromatic heterocycles. The number of H-pyrrole nitrogens is 1. The van der Waals surface area contributed by atoms with Gasteiger partial charge in [-0.2, -0.15) is 5.10 Å². The first-order valence-electron chi connectivity index (χ1n) is 6.78. The molecular weight excluding hydrogens is 344 g/mol. The number of halogens is 1. The number of hydrogen-bond donors (Lipinski definition) is 3. The molecule has 2 aromatic carbocycles. The van der Waals surface area contributed by atoms with Crippen molar-refractivity contribution in [2.45, 2.75) is 13.0 Å². The van der Waals surface area contributed by atoms with E-state index in [9.17, 15) is 5.11 Å². The summed E-state index contributed by atoms with van der Waals surface area (Å²) in [6, 6.07) is 12.7. The number of rotatable bonds is 3. The lowest BCUT2D eigenvalue weighted by Crippen LogP contribution is -2.13. The molecule has 0 saturated heterocycles. The number of aromatic hydroxyl groups is 1. The highest BCUT2D eigenvalue weighted by atomic mass is 79.9. The molecule has 0 amide bonds. The van der Waals surface area contributed by atoms with Gasteiger partial charge in [-0.05, 0) is 30.7 Å². The van der Waals surface area contributed by atoms with Crippen molar-refractivity contribution in [1.29, 1.82) is 0 Å². The minimum atomic E-state index is -0.392. The van der Waals surface area contributed by atoms with Crippen LogP contribution in [0, 0.1) is 6.92 Å². The summed E-state index contributed by atoms with van der Waals surface area (Å²) < 4.78 is 0.842. The van der Waals surface area contributed by atoms with Crippen molar-refractivity contribution in [2.75, 3.05) is 0 Å². The number of nitrogens with one attached hydrogen (secondary N) is 1. The van der Waals surface area contributed by atoms with E-state index in [4.69, 9.17) is 5.73 Å². The average Bonchev–Trinajstić information content (AvgIpc) is 2.99. The van der Waals surface area contributed by atoms with Crippen LogP contribution in [-0.2, 0) is 0 Å². The van der Waals surface area contributed by atoms with E-state index < -0.39 is 6.04 Å². The monoisotopic (exact) mass is 358 g/mol. The lowest BCUT2D eigenvalue weighted by molar-refractivity contribution is 0.477. The van der Waals surface area contributed by atoms with Gasteiger partial charge in [-0.25, -0.2) is 4.98 Å². The molecule has 4 N–H and O–H groups in total. The van der Waals surface area contributed by atoms with E-state index in [1.165, 1.54) is 5.56 Å². The highest BCUT2D eigenvalue weighted by Gasteiger charge is 2.16. The third-order valence-corrected chi connectivity index (χ3v) is 3.93. The number of nitrogens with two attached hydrogens (primary N) is 1. The molecule has 6 heteroatoms. The van der Waals surface area contributed by atoms with Gasteiger partial charge in [0.1, 0.15) is 11.6 Å². The Morgan fingerprint density at radius 3 is 2.64 bits per heavy atom. The van der Waals surface area contributed by atoms with Crippen molar-refractivity contribution in [3.05, 3.63) is 63.9 Å². The molecule has 22 heavy (non-hydrogen) atoms. The van der Waals surface area contributed by atoms with Crippen LogP contribution in [0.5, 0.6) is 5.75 Å². The Bertz CT molecular complexity index is 798. The molecule has 0 aliphatic rings. The standard InChI is InChI=1S/C16H15BrN4O/c1-9-2-4-10(5-3-9)14(18)16-19-15(20-21-16)12-8-11(17)6-7-13(12)22/h2-8,14,22H,18H2,1H3,(H,19,20,21)/t14-/m0/s1. The van der Waals surface area contributed by atoms with Gasteiger partial charge in [-0.1, -0.05) is 45.8 Å². The minimum Gasteiger partial charge on any atom is -0.507 e. The van der Waals surface area contributed by atoms with Crippen molar-refractivity contribution in [3.8, 4) is 17.1 Å². The van der Waals surface area contributed by atoms with Crippen LogP contribution in [-0.4, -0.2) is 20.3 Å². The van der Waals surface area contributed by atoms with E-state index in [2.05, 4.69) is 31.1 Å². The van der Waals surface area contributed by atoms with Gasteiger partial charge in [0, 0.05) is 4.47 Å². The van der Waals surface area contributed by atoms with Gasteiger partial charge >= 0.3 is 0 Å². The Morgan fingerprint density at radius 1 is 1.18 bits per heavy atom. The molecule has 3 aromatic rings. The van der Waals surface area contributed by atoms with E-state index in [0.717, 1.165) is 10.0 Å². The second-order valence-electron chi connectivity index (χ2n) is 5.09. The minimum absolute atomic E-state index is 0.123. The van der Waals surface area contributed by atoms with Crippen molar-refractivity contribution >= 4 is 15.9 Å². The van der Waals surface area contributed by atoms with E-state index >= 15 is 0 Å². The highest BCUT2D eigenvalue weighted by molar-refractivity contribution is 9.10. The van der Waals surface area contributed by atoms with E-state index in [1.807, 2.05) is 31.2 Å². The van der Waals surface area contributed by atoms with Crippen molar-refractivity contribution in [2.24, 2.45) is 5.73 Å². The Balaban J connectivity index is 1.93. The Hall–Kier alpha value is -2.18. The summed E-state index contributed by atoms with van der Waals surface area (Å²) in [6.07, 6.45) is 0. The molecular formula is C16H15BrN4O. The summed E-state index contributed by atoms with van der Waals surface area (Å²) in [7, 11) is 0. The maximum atomic E-state index is 9.94. The fraction of sp³-hybridized carbons (Fsp3) is 0.125. The third-order valence-electron chi connectivity index (χ3n) is 3.43. The number of hydrogen-bond acceptors (Lipinski definition) is 4. The third kappa shape index (κ3) is 2.88. The molecule has 0 fully saturated rings. The van der Waals surface area contributed by atoms with Crippen LogP contribution >= 0.6 is 15.9 Å². The number of phenols is 1. The molecule has 0 aliphatic carbocycles. The highest BCUT2D eigenvalue weighted by Crippen LogP contribution is 2.30. The predicted octanol–water partition coefficient (Wildman–Crippen LogP) is 3.30. The number of benzene rings is 2. The zero-order valence-corrected chi connectivity index (χ0v) is 13.5. The smallest absolute Gasteiger partial charge is 0.184 e. The van der Waals surface area contributed by atoms with Crippen molar-refractivity contribution in [3.63, 3.8) is 0 Å². The van der Waals surface area contributed by atoms with Crippen LogP contribution in [0.4, 0.5) is 0 Å². The number of aromatic nitrogens is 3. The summed E-state index contributed by atoms with van der Waals surface area (Å²) in [5, 5.41) is 16.9. The first-order chi connectivity index (χ1) is 10.5. The van der Waals surface area contributed by atoms with Crippen LogP contribution in [0.25, 0.3) is 11.4 Å². The van der Waals surface area contributed by atoms with Gasteiger partial charge in [0.05, 0.1) is 11.6 Å². The fourth-order valence-corrected chi connectivity index (χ4v) is 2.51. The number of phenolic OH excluding ortho intramolecular Hbond substituents is 1. The van der Waals surface area contributed by atoms with Crippen LogP contribution in [0.1, 0.15) is 23.0 Å². The molecule has 0 spiro atoms. The van der Waals surface area contributed by atoms with Crippen LogP contribution in [0.3, 0.4) is 0 Å². The van der Waals surface area contributed by atoms with Crippen LogP contribution in [0.2, 0.25) is 0 Å². The predicted molar refractivity (Wildman–Crippen MR) is 88.4 cm³/mol. The topological polar surface area (TPSA) is 87.8 Å². The van der Waals surface area contributed by atoms with Crippen molar-refractivity contribution in [1.82, 2.24) is 15.2 Å².